The number of carbonyl (C=O) groups excluding carboxylic acids is 1. The monoisotopic (exact) mass is 325 g/mol. The molecule has 3 atom stereocenters. The number of likely N-dealkylation sites (tertiary alicyclic amines) is 1. The normalized spacial score (nSPS) is 30.2. The molecule has 0 bridgehead atoms. The van der Waals surface area contributed by atoms with Crippen LogP contribution in [0.4, 0.5) is 0 Å². The van der Waals surface area contributed by atoms with Crippen molar-refractivity contribution in [3.05, 3.63) is 0 Å². The van der Waals surface area contributed by atoms with E-state index < -0.39 is 0 Å². The van der Waals surface area contributed by atoms with Crippen molar-refractivity contribution < 1.29 is 4.79 Å². The van der Waals surface area contributed by atoms with E-state index >= 15 is 0 Å². The van der Waals surface area contributed by atoms with Gasteiger partial charge in [-0.3, -0.25) is 4.79 Å². The molecule has 0 aromatic heterocycles. The number of nitrogens with zero attached hydrogens (tertiary/aromatic N) is 1. The molecule has 0 radical (unpaired) electrons. The maximum Gasteiger partial charge on any atom is 0.223 e. The topological polar surface area (TPSA) is 58.4 Å². The van der Waals surface area contributed by atoms with E-state index in [0.29, 0.717) is 0 Å². The summed E-state index contributed by atoms with van der Waals surface area (Å²) >= 11 is 0. The largest absolute Gasteiger partial charge is 0.355 e. The quantitative estimate of drug-likeness (QED) is 0.828. The van der Waals surface area contributed by atoms with Crippen LogP contribution in [0.1, 0.15) is 39.0 Å². The molecule has 2 aliphatic rings. The van der Waals surface area contributed by atoms with E-state index in [1.165, 1.54) is 25.9 Å². The molecule has 1 saturated carbocycles. The van der Waals surface area contributed by atoms with Crippen LogP contribution in [0, 0.1) is 11.8 Å². The highest BCUT2D eigenvalue weighted by Gasteiger charge is 2.27. The van der Waals surface area contributed by atoms with Crippen LogP contribution in [-0.2, 0) is 4.79 Å². The summed E-state index contributed by atoms with van der Waals surface area (Å²) in [4.78, 5) is 14.4. The van der Waals surface area contributed by atoms with E-state index in [1.54, 1.807) is 0 Å². The first-order valence-electron chi connectivity index (χ1n) is 7.41. The van der Waals surface area contributed by atoms with Crippen molar-refractivity contribution in [3.63, 3.8) is 0 Å². The molecule has 1 aliphatic carbocycles. The first-order chi connectivity index (χ1) is 8.65. The number of nitrogens with two attached hydrogens (primary N) is 1. The minimum atomic E-state index is 0. The van der Waals surface area contributed by atoms with Crippen LogP contribution < -0.4 is 11.1 Å². The number of rotatable bonds is 4. The lowest BCUT2D eigenvalue weighted by atomic mass is 10.0. The fraction of sp³-hybridized carbons (Fsp3) is 0.929. The lowest BCUT2D eigenvalue weighted by Crippen LogP contribution is -2.41. The Labute approximate surface area is 135 Å². The highest BCUT2D eigenvalue weighted by Crippen LogP contribution is 2.23. The highest BCUT2D eigenvalue weighted by atomic mass is 35.5. The van der Waals surface area contributed by atoms with Gasteiger partial charge in [-0.15, -0.1) is 24.8 Å². The summed E-state index contributed by atoms with van der Waals surface area (Å²) in [5.41, 5.74) is 5.84. The van der Waals surface area contributed by atoms with Gasteiger partial charge in [0.1, 0.15) is 0 Å². The van der Waals surface area contributed by atoms with Gasteiger partial charge in [0.2, 0.25) is 5.91 Å². The van der Waals surface area contributed by atoms with Gasteiger partial charge in [0, 0.05) is 31.6 Å². The Morgan fingerprint density at radius 1 is 1.30 bits per heavy atom. The van der Waals surface area contributed by atoms with Crippen molar-refractivity contribution in [3.8, 4) is 0 Å². The average molecular weight is 326 g/mol. The molecule has 1 aliphatic heterocycles. The van der Waals surface area contributed by atoms with Gasteiger partial charge in [-0.2, -0.15) is 0 Å². The van der Waals surface area contributed by atoms with Gasteiger partial charge >= 0.3 is 0 Å². The van der Waals surface area contributed by atoms with Gasteiger partial charge in [0.15, 0.2) is 0 Å². The average Bonchev–Trinajstić information content (AvgIpc) is 2.76. The second kappa shape index (κ2) is 9.82. The predicted octanol–water partition coefficient (Wildman–Crippen LogP) is 1.81. The Bertz CT molecular complexity index is 292. The lowest BCUT2D eigenvalue weighted by molar-refractivity contribution is -0.124. The summed E-state index contributed by atoms with van der Waals surface area (Å²) in [6, 6.07) is 0.240. The molecule has 1 heterocycles. The SMILES string of the molecule is CC1CCCN(CCNC(=O)C2CCC(N)C2)C1.Cl.Cl. The number of hydrogen-bond donors (Lipinski definition) is 2. The smallest absolute Gasteiger partial charge is 0.223 e. The summed E-state index contributed by atoms with van der Waals surface area (Å²) in [6.07, 6.45) is 5.48. The van der Waals surface area contributed by atoms with Crippen molar-refractivity contribution in [1.82, 2.24) is 10.2 Å². The van der Waals surface area contributed by atoms with E-state index in [4.69, 9.17) is 5.73 Å². The van der Waals surface area contributed by atoms with Crippen LogP contribution >= 0.6 is 24.8 Å². The van der Waals surface area contributed by atoms with Crippen LogP contribution in [0.15, 0.2) is 0 Å². The molecule has 0 aromatic carbocycles. The summed E-state index contributed by atoms with van der Waals surface area (Å²) in [7, 11) is 0. The Morgan fingerprint density at radius 2 is 2.05 bits per heavy atom. The van der Waals surface area contributed by atoms with Gasteiger partial charge in [-0.05, 0) is 44.6 Å². The van der Waals surface area contributed by atoms with Crippen LogP contribution in [0.2, 0.25) is 0 Å². The molecule has 4 nitrogen and oxygen atoms in total. The molecule has 6 heteroatoms. The molecule has 2 fully saturated rings. The fourth-order valence-electron chi connectivity index (χ4n) is 3.23. The fourth-order valence-corrected chi connectivity index (χ4v) is 3.23. The third-order valence-electron chi connectivity index (χ3n) is 4.31. The Balaban J connectivity index is 0.00000180. The molecular weight excluding hydrogens is 297 g/mol. The van der Waals surface area contributed by atoms with Crippen molar-refractivity contribution in [2.75, 3.05) is 26.2 Å². The minimum Gasteiger partial charge on any atom is -0.355 e. The molecule has 120 valence electrons. The minimum absolute atomic E-state index is 0. The zero-order valence-electron chi connectivity index (χ0n) is 12.3. The van der Waals surface area contributed by atoms with E-state index in [2.05, 4.69) is 17.1 Å². The van der Waals surface area contributed by atoms with E-state index in [-0.39, 0.29) is 42.7 Å². The third kappa shape index (κ3) is 6.17. The van der Waals surface area contributed by atoms with Gasteiger partial charge in [-0.25, -0.2) is 0 Å². The Hall–Kier alpha value is -0.0300. The maximum atomic E-state index is 11.9. The number of amides is 1. The molecule has 1 saturated heterocycles. The van der Waals surface area contributed by atoms with Crippen molar-refractivity contribution in [2.24, 2.45) is 17.6 Å². The second-order valence-electron chi connectivity index (χ2n) is 6.11. The van der Waals surface area contributed by atoms with Crippen LogP contribution in [0.5, 0.6) is 0 Å². The molecule has 0 aromatic rings. The molecule has 20 heavy (non-hydrogen) atoms. The van der Waals surface area contributed by atoms with E-state index in [0.717, 1.165) is 38.3 Å². The van der Waals surface area contributed by atoms with Crippen LogP contribution in [0.25, 0.3) is 0 Å². The molecule has 3 N–H and O–H groups in total. The van der Waals surface area contributed by atoms with Gasteiger partial charge in [0.05, 0.1) is 0 Å². The van der Waals surface area contributed by atoms with Gasteiger partial charge in [0.25, 0.3) is 0 Å². The van der Waals surface area contributed by atoms with Crippen molar-refractivity contribution in [1.29, 1.82) is 0 Å². The summed E-state index contributed by atoms with van der Waals surface area (Å²) < 4.78 is 0. The third-order valence-corrected chi connectivity index (χ3v) is 4.31. The summed E-state index contributed by atoms with van der Waals surface area (Å²) in [5.74, 6) is 1.19. The van der Waals surface area contributed by atoms with Crippen LogP contribution in [0.3, 0.4) is 0 Å². The molecule has 3 unspecified atom stereocenters. The maximum absolute atomic E-state index is 11.9. The van der Waals surface area contributed by atoms with Crippen molar-refractivity contribution in [2.45, 2.75) is 45.1 Å². The van der Waals surface area contributed by atoms with E-state index in [9.17, 15) is 4.79 Å². The number of carbonyl (C=O) groups is 1. The number of piperidine rings is 1. The standard InChI is InChI=1S/C14H27N3O.2ClH/c1-11-3-2-7-17(10-11)8-6-16-14(18)12-4-5-13(15)9-12;;/h11-13H,2-10,15H2,1H3,(H,16,18);2*1H. The Morgan fingerprint density at radius 3 is 2.65 bits per heavy atom. The lowest BCUT2D eigenvalue weighted by Gasteiger charge is -2.30. The number of hydrogen-bond acceptors (Lipinski definition) is 3. The first-order valence-corrected chi connectivity index (χ1v) is 7.41. The van der Waals surface area contributed by atoms with Gasteiger partial charge < -0.3 is 16.0 Å². The Kier molecular flexibility index (Phi) is 9.81. The van der Waals surface area contributed by atoms with Crippen LogP contribution in [-0.4, -0.2) is 43.0 Å². The second-order valence-corrected chi connectivity index (χ2v) is 6.11. The summed E-state index contributed by atoms with van der Waals surface area (Å²) in [6.45, 7) is 6.47. The number of nitrogens with one attached hydrogen (secondary N) is 1. The molecule has 0 spiro atoms. The predicted molar refractivity (Wildman–Crippen MR) is 87.7 cm³/mol. The zero-order chi connectivity index (χ0) is 13.0. The first kappa shape index (κ1) is 20.0. The molecule has 1 amide bonds. The van der Waals surface area contributed by atoms with Crippen molar-refractivity contribution >= 4 is 30.7 Å². The zero-order valence-corrected chi connectivity index (χ0v) is 14.0. The number of halogens is 2. The molecule has 2 rings (SSSR count). The highest BCUT2D eigenvalue weighted by molar-refractivity contribution is 5.85. The molecular formula is C14H29Cl2N3O. The van der Waals surface area contributed by atoms with Gasteiger partial charge in [-0.1, -0.05) is 6.92 Å². The summed E-state index contributed by atoms with van der Waals surface area (Å²) in [5, 5.41) is 3.07. The van der Waals surface area contributed by atoms with E-state index in [1.807, 2.05) is 0 Å².